The normalized spacial score (nSPS) is 18.5. The standard InChI is InChI=1S/C23H22F2N2O5/c1-13-8-14-9-16(3-4-18(14)27(13)11-17(29)12-28)26-21(30)22(6-7-22)15-2-5-19-20(10-15)32-23(24,25)31-19/h2-5,8-10,17,28-29H,6-7,11-12H2,1H3,(H,26,30)/t17-/m1/s1. The van der Waals surface area contributed by atoms with Crippen molar-refractivity contribution >= 4 is 22.5 Å². The number of benzene rings is 2. The third kappa shape index (κ3) is 3.47. The maximum atomic E-state index is 13.3. The molecule has 9 heteroatoms. The largest absolute Gasteiger partial charge is 0.586 e. The van der Waals surface area contributed by atoms with Gasteiger partial charge in [-0.1, -0.05) is 6.07 Å². The van der Waals surface area contributed by atoms with Crippen molar-refractivity contribution in [2.45, 2.75) is 44.1 Å². The number of carbonyl (C=O) groups is 1. The molecular formula is C23H22F2N2O5. The van der Waals surface area contributed by atoms with Crippen molar-refractivity contribution in [2.75, 3.05) is 11.9 Å². The number of aromatic nitrogens is 1. The van der Waals surface area contributed by atoms with Crippen LogP contribution in [0.4, 0.5) is 14.5 Å². The fourth-order valence-electron chi connectivity index (χ4n) is 4.27. The zero-order chi connectivity index (χ0) is 22.7. The lowest BCUT2D eigenvalue weighted by atomic mass is 9.94. The van der Waals surface area contributed by atoms with Crippen LogP contribution in [0.3, 0.4) is 0 Å². The first-order valence-corrected chi connectivity index (χ1v) is 10.3. The van der Waals surface area contributed by atoms with Gasteiger partial charge in [0.1, 0.15) is 0 Å². The molecule has 1 fully saturated rings. The van der Waals surface area contributed by atoms with Crippen LogP contribution >= 0.6 is 0 Å². The van der Waals surface area contributed by atoms with E-state index in [0.29, 0.717) is 24.1 Å². The molecule has 168 valence electrons. The van der Waals surface area contributed by atoms with Crippen LogP contribution in [0.25, 0.3) is 10.9 Å². The molecule has 0 bridgehead atoms. The minimum Gasteiger partial charge on any atom is -0.395 e. The van der Waals surface area contributed by atoms with Crippen LogP contribution in [0.1, 0.15) is 24.1 Å². The number of nitrogens with one attached hydrogen (secondary N) is 1. The molecule has 1 atom stereocenters. The highest BCUT2D eigenvalue weighted by Gasteiger charge is 2.52. The Bertz CT molecular complexity index is 1220. The molecule has 0 saturated heterocycles. The second kappa shape index (κ2) is 7.18. The number of halogens is 2. The van der Waals surface area contributed by atoms with Gasteiger partial charge in [0, 0.05) is 22.3 Å². The summed E-state index contributed by atoms with van der Waals surface area (Å²) >= 11 is 0. The Morgan fingerprint density at radius 1 is 1.16 bits per heavy atom. The summed E-state index contributed by atoms with van der Waals surface area (Å²) in [7, 11) is 0. The Labute approximate surface area is 182 Å². The summed E-state index contributed by atoms with van der Waals surface area (Å²) in [5.41, 5.74) is 2.23. The number of alkyl halides is 2. The van der Waals surface area contributed by atoms with Crippen LogP contribution in [0.15, 0.2) is 42.5 Å². The number of aryl methyl sites for hydroxylation is 1. The Morgan fingerprint density at radius 3 is 2.62 bits per heavy atom. The van der Waals surface area contributed by atoms with Crippen molar-refractivity contribution in [1.29, 1.82) is 0 Å². The van der Waals surface area contributed by atoms with Crippen molar-refractivity contribution < 1.29 is 33.3 Å². The summed E-state index contributed by atoms with van der Waals surface area (Å²) in [6.07, 6.45) is -3.35. The highest BCUT2D eigenvalue weighted by Crippen LogP contribution is 2.52. The molecule has 7 nitrogen and oxygen atoms in total. The number of carbonyl (C=O) groups excluding carboxylic acids is 1. The minimum absolute atomic E-state index is 0.0494. The number of nitrogens with zero attached hydrogens (tertiary/aromatic N) is 1. The van der Waals surface area contributed by atoms with E-state index in [-0.39, 0.29) is 30.6 Å². The van der Waals surface area contributed by atoms with E-state index in [4.69, 9.17) is 5.11 Å². The maximum Gasteiger partial charge on any atom is 0.586 e. The molecule has 2 aromatic carbocycles. The molecule has 1 aliphatic carbocycles. The van der Waals surface area contributed by atoms with E-state index < -0.39 is 17.8 Å². The third-order valence-corrected chi connectivity index (χ3v) is 6.11. The quantitative estimate of drug-likeness (QED) is 0.543. The summed E-state index contributed by atoms with van der Waals surface area (Å²) < 4.78 is 37.5. The lowest BCUT2D eigenvalue weighted by molar-refractivity contribution is -0.286. The summed E-state index contributed by atoms with van der Waals surface area (Å²) in [6.45, 7) is 1.85. The van der Waals surface area contributed by atoms with Gasteiger partial charge in [-0.05, 0) is 61.7 Å². The second-order valence-electron chi connectivity index (χ2n) is 8.37. The fourth-order valence-corrected chi connectivity index (χ4v) is 4.27. The molecule has 32 heavy (non-hydrogen) atoms. The number of anilines is 1. The van der Waals surface area contributed by atoms with E-state index in [9.17, 15) is 18.7 Å². The predicted octanol–water partition coefficient (Wildman–Crippen LogP) is 3.29. The van der Waals surface area contributed by atoms with E-state index in [2.05, 4.69) is 14.8 Å². The fraction of sp³-hybridized carbons (Fsp3) is 0.348. The first-order valence-electron chi connectivity index (χ1n) is 10.3. The number of amides is 1. The van der Waals surface area contributed by atoms with Crippen LogP contribution in [0, 0.1) is 6.92 Å². The Kier molecular flexibility index (Phi) is 4.65. The molecular weight excluding hydrogens is 422 g/mol. The molecule has 0 radical (unpaired) electrons. The molecule has 3 aromatic rings. The van der Waals surface area contributed by atoms with Gasteiger partial charge in [0.2, 0.25) is 5.91 Å². The van der Waals surface area contributed by atoms with E-state index >= 15 is 0 Å². The second-order valence-corrected chi connectivity index (χ2v) is 8.37. The third-order valence-electron chi connectivity index (χ3n) is 6.11. The molecule has 1 aliphatic heterocycles. The van der Waals surface area contributed by atoms with Gasteiger partial charge >= 0.3 is 6.29 Å². The predicted molar refractivity (Wildman–Crippen MR) is 112 cm³/mol. The highest BCUT2D eigenvalue weighted by atomic mass is 19.3. The lowest BCUT2D eigenvalue weighted by Crippen LogP contribution is -2.28. The monoisotopic (exact) mass is 444 g/mol. The van der Waals surface area contributed by atoms with Crippen LogP contribution < -0.4 is 14.8 Å². The van der Waals surface area contributed by atoms with Crippen molar-refractivity contribution in [1.82, 2.24) is 4.57 Å². The van der Waals surface area contributed by atoms with E-state index in [1.807, 2.05) is 29.7 Å². The van der Waals surface area contributed by atoms with Crippen LogP contribution in [0.2, 0.25) is 0 Å². The number of aliphatic hydroxyl groups is 2. The van der Waals surface area contributed by atoms with Crippen LogP contribution in [-0.2, 0) is 16.8 Å². The van der Waals surface area contributed by atoms with E-state index in [1.54, 1.807) is 12.1 Å². The number of rotatable bonds is 6. The molecule has 1 amide bonds. The topological polar surface area (TPSA) is 93.0 Å². The SMILES string of the molecule is Cc1cc2cc(NC(=O)C3(c4ccc5c(c4)OC(F)(F)O5)CC3)ccc2n1C[C@@H](O)CO. The molecule has 5 rings (SSSR count). The Hall–Kier alpha value is -3.17. The first-order chi connectivity index (χ1) is 15.2. The van der Waals surface area contributed by atoms with Crippen molar-refractivity contribution in [3.63, 3.8) is 0 Å². The molecule has 0 unspecified atom stereocenters. The summed E-state index contributed by atoms with van der Waals surface area (Å²) in [6, 6.07) is 11.9. The van der Waals surface area contributed by atoms with Gasteiger partial charge in [-0.3, -0.25) is 4.79 Å². The highest BCUT2D eigenvalue weighted by molar-refractivity contribution is 6.02. The van der Waals surface area contributed by atoms with Crippen molar-refractivity contribution in [3.8, 4) is 11.5 Å². The molecule has 1 saturated carbocycles. The van der Waals surface area contributed by atoms with Gasteiger partial charge in [-0.15, -0.1) is 8.78 Å². The minimum atomic E-state index is -3.70. The number of ether oxygens (including phenoxy) is 2. The zero-order valence-electron chi connectivity index (χ0n) is 17.3. The van der Waals surface area contributed by atoms with Gasteiger partial charge in [0.25, 0.3) is 0 Å². The zero-order valence-corrected chi connectivity index (χ0v) is 17.3. The van der Waals surface area contributed by atoms with Gasteiger partial charge in [0.05, 0.1) is 24.7 Å². The smallest absolute Gasteiger partial charge is 0.395 e. The average molecular weight is 444 g/mol. The Balaban J connectivity index is 1.37. The van der Waals surface area contributed by atoms with Gasteiger partial charge in [-0.2, -0.15) is 0 Å². The average Bonchev–Trinajstić information content (AvgIpc) is 3.42. The maximum absolute atomic E-state index is 13.3. The van der Waals surface area contributed by atoms with Gasteiger partial charge < -0.3 is 29.6 Å². The van der Waals surface area contributed by atoms with Crippen LogP contribution in [-0.4, -0.2) is 39.7 Å². The number of hydrogen-bond donors (Lipinski definition) is 3. The summed E-state index contributed by atoms with van der Waals surface area (Å²) in [4.78, 5) is 13.1. The molecule has 1 aromatic heterocycles. The molecule has 2 heterocycles. The first kappa shape index (κ1) is 20.7. The Morgan fingerprint density at radius 2 is 1.91 bits per heavy atom. The van der Waals surface area contributed by atoms with Crippen LogP contribution in [0.5, 0.6) is 11.5 Å². The molecule has 3 N–H and O–H groups in total. The number of fused-ring (bicyclic) bond motifs is 2. The van der Waals surface area contributed by atoms with Crippen molar-refractivity contribution in [3.05, 3.63) is 53.7 Å². The molecule has 0 spiro atoms. The summed E-state index contributed by atoms with van der Waals surface area (Å²) in [5.74, 6) is -0.337. The van der Waals surface area contributed by atoms with Gasteiger partial charge in [-0.25, -0.2) is 0 Å². The van der Waals surface area contributed by atoms with E-state index in [1.165, 1.54) is 12.1 Å². The van der Waals surface area contributed by atoms with E-state index in [0.717, 1.165) is 16.6 Å². The van der Waals surface area contributed by atoms with Gasteiger partial charge in [0.15, 0.2) is 11.5 Å². The van der Waals surface area contributed by atoms with Crippen molar-refractivity contribution in [2.24, 2.45) is 0 Å². The number of aliphatic hydroxyl groups excluding tert-OH is 2. The summed E-state index contributed by atoms with van der Waals surface area (Å²) in [5, 5.41) is 22.8. The number of hydrogen-bond acceptors (Lipinski definition) is 5. The lowest BCUT2D eigenvalue weighted by Gasteiger charge is -2.16. The molecule has 2 aliphatic rings.